The third-order valence-electron chi connectivity index (χ3n) is 2.61. The first-order valence-corrected chi connectivity index (χ1v) is 7.54. The summed E-state index contributed by atoms with van der Waals surface area (Å²) in [5.74, 6) is -2.43. The summed E-state index contributed by atoms with van der Waals surface area (Å²) in [5, 5.41) is 23.0. The Labute approximate surface area is 133 Å². The van der Waals surface area contributed by atoms with Gasteiger partial charge in [-0.1, -0.05) is 0 Å². The second-order valence-electron chi connectivity index (χ2n) is 4.60. The number of aliphatic carboxylic acids is 1. The molecule has 0 bridgehead atoms. The van der Waals surface area contributed by atoms with Crippen LogP contribution in [0.15, 0.2) is 15.9 Å². The van der Waals surface area contributed by atoms with Crippen molar-refractivity contribution in [1.82, 2.24) is 10.6 Å². The SMILES string of the molecule is CC(NC(=O)c1ccc(Br)s1)C(=O)NCC(C)(O)C(=O)O. The topological polar surface area (TPSA) is 116 Å². The van der Waals surface area contributed by atoms with E-state index in [4.69, 9.17) is 5.11 Å². The predicted molar refractivity (Wildman–Crippen MR) is 80.2 cm³/mol. The van der Waals surface area contributed by atoms with Crippen LogP contribution in [0.1, 0.15) is 23.5 Å². The van der Waals surface area contributed by atoms with Gasteiger partial charge >= 0.3 is 5.97 Å². The molecule has 7 nitrogen and oxygen atoms in total. The van der Waals surface area contributed by atoms with Crippen molar-refractivity contribution in [3.8, 4) is 0 Å². The van der Waals surface area contributed by atoms with Crippen molar-refractivity contribution >= 4 is 45.1 Å². The van der Waals surface area contributed by atoms with Crippen LogP contribution in [0.5, 0.6) is 0 Å². The average Bonchev–Trinajstić information content (AvgIpc) is 2.82. The Kier molecular flexibility index (Phi) is 5.87. The van der Waals surface area contributed by atoms with Crippen molar-refractivity contribution in [3.05, 3.63) is 20.8 Å². The highest BCUT2D eigenvalue weighted by Gasteiger charge is 2.31. The molecule has 1 aromatic rings. The Morgan fingerprint density at radius 3 is 2.52 bits per heavy atom. The molecule has 2 amide bonds. The highest BCUT2D eigenvalue weighted by Crippen LogP contribution is 2.21. The molecule has 0 aromatic carbocycles. The van der Waals surface area contributed by atoms with Gasteiger partial charge in [0.05, 0.1) is 15.2 Å². The zero-order chi connectivity index (χ0) is 16.2. The van der Waals surface area contributed by atoms with Crippen LogP contribution in [0.3, 0.4) is 0 Å². The summed E-state index contributed by atoms with van der Waals surface area (Å²) in [6, 6.07) is 2.47. The van der Waals surface area contributed by atoms with Gasteiger partial charge in [0.2, 0.25) is 5.91 Å². The molecule has 2 unspecified atom stereocenters. The molecule has 1 heterocycles. The molecule has 0 aliphatic rings. The summed E-state index contributed by atoms with van der Waals surface area (Å²) in [6.07, 6.45) is 0. The standard InChI is InChI=1S/C12H15BrN2O5S/c1-6(9(16)14-5-12(2,20)11(18)19)15-10(17)7-3-4-8(13)21-7/h3-4,6,20H,5H2,1-2H3,(H,14,16)(H,15,17)(H,18,19). The van der Waals surface area contributed by atoms with Gasteiger partial charge in [-0.2, -0.15) is 0 Å². The first kappa shape index (κ1) is 17.6. The van der Waals surface area contributed by atoms with Gasteiger partial charge in [0.1, 0.15) is 6.04 Å². The van der Waals surface area contributed by atoms with Crippen molar-refractivity contribution < 1.29 is 24.6 Å². The van der Waals surface area contributed by atoms with Gasteiger partial charge in [-0.3, -0.25) is 9.59 Å². The third-order valence-corrected chi connectivity index (χ3v) is 4.23. The van der Waals surface area contributed by atoms with Crippen LogP contribution in [0.25, 0.3) is 0 Å². The molecule has 0 saturated heterocycles. The van der Waals surface area contributed by atoms with E-state index in [1.165, 1.54) is 18.3 Å². The minimum Gasteiger partial charge on any atom is -0.479 e. The summed E-state index contributed by atoms with van der Waals surface area (Å²) < 4.78 is 0.794. The van der Waals surface area contributed by atoms with E-state index in [-0.39, 0.29) is 0 Å². The molecule has 21 heavy (non-hydrogen) atoms. The maximum atomic E-state index is 11.8. The molecule has 0 radical (unpaired) electrons. The number of carbonyl (C=O) groups excluding carboxylic acids is 2. The number of hydrogen-bond donors (Lipinski definition) is 4. The Balaban J connectivity index is 2.52. The Morgan fingerprint density at radius 1 is 1.43 bits per heavy atom. The van der Waals surface area contributed by atoms with Crippen LogP contribution >= 0.6 is 27.3 Å². The first-order chi connectivity index (χ1) is 9.63. The van der Waals surface area contributed by atoms with E-state index in [2.05, 4.69) is 26.6 Å². The van der Waals surface area contributed by atoms with Gasteiger partial charge < -0.3 is 20.8 Å². The van der Waals surface area contributed by atoms with Crippen LogP contribution in [0, 0.1) is 0 Å². The second-order valence-corrected chi connectivity index (χ2v) is 7.06. The van der Waals surface area contributed by atoms with E-state index >= 15 is 0 Å². The Morgan fingerprint density at radius 2 is 2.05 bits per heavy atom. The number of carboxylic acid groups (broad SMARTS) is 1. The van der Waals surface area contributed by atoms with Gasteiger partial charge in [0, 0.05) is 0 Å². The number of amides is 2. The number of carbonyl (C=O) groups is 3. The zero-order valence-electron chi connectivity index (χ0n) is 11.3. The van der Waals surface area contributed by atoms with Crippen LogP contribution in [0.4, 0.5) is 0 Å². The van der Waals surface area contributed by atoms with Crippen molar-refractivity contribution in [2.24, 2.45) is 0 Å². The lowest BCUT2D eigenvalue weighted by atomic mass is 10.1. The summed E-state index contributed by atoms with van der Waals surface area (Å²) in [6.45, 7) is 2.08. The minimum atomic E-state index is -2.06. The number of halogens is 1. The predicted octanol–water partition coefficient (Wildman–Crippen LogP) is 0.581. The number of carboxylic acids is 1. The van der Waals surface area contributed by atoms with Crippen molar-refractivity contribution in [3.63, 3.8) is 0 Å². The molecular formula is C12H15BrN2O5S. The van der Waals surface area contributed by atoms with E-state index in [0.717, 1.165) is 10.7 Å². The van der Waals surface area contributed by atoms with Gasteiger partial charge in [-0.15, -0.1) is 11.3 Å². The molecule has 0 aliphatic heterocycles. The molecule has 2 atom stereocenters. The molecule has 0 saturated carbocycles. The molecule has 1 rings (SSSR count). The fourth-order valence-electron chi connectivity index (χ4n) is 1.26. The van der Waals surface area contributed by atoms with E-state index in [1.54, 1.807) is 12.1 Å². The molecule has 4 N–H and O–H groups in total. The first-order valence-electron chi connectivity index (χ1n) is 5.93. The minimum absolute atomic E-state index is 0.404. The molecule has 116 valence electrons. The van der Waals surface area contributed by atoms with E-state index in [0.29, 0.717) is 4.88 Å². The lowest BCUT2D eigenvalue weighted by Gasteiger charge is -2.20. The van der Waals surface area contributed by atoms with Crippen LogP contribution in [0.2, 0.25) is 0 Å². The Hall–Kier alpha value is -1.45. The fraction of sp³-hybridized carbons (Fsp3) is 0.417. The molecule has 0 fully saturated rings. The van der Waals surface area contributed by atoms with Crippen molar-refractivity contribution in [2.45, 2.75) is 25.5 Å². The summed E-state index contributed by atoms with van der Waals surface area (Å²) >= 11 is 4.46. The molecule has 9 heteroatoms. The van der Waals surface area contributed by atoms with Crippen LogP contribution in [-0.4, -0.2) is 46.2 Å². The van der Waals surface area contributed by atoms with Crippen LogP contribution in [-0.2, 0) is 9.59 Å². The van der Waals surface area contributed by atoms with E-state index in [1.807, 2.05) is 0 Å². The second kappa shape index (κ2) is 7.01. The lowest BCUT2D eigenvalue weighted by Crippen LogP contribution is -2.51. The van der Waals surface area contributed by atoms with Gasteiger partial charge in [0.15, 0.2) is 5.60 Å². The zero-order valence-corrected chi connectivity index (χ0v) is 13.7. The average molecular weight is 379 g/mol. The molecule has 0 spiro atoms. The smallest absolute Gasteiger partial charge is 0.337 e. The van der Waals surface area contributed by atoms with Crippen molar-refractivity contribution in [2.75, 3.05) is 6.54 Å². The largest absolute Gasteiger partial charge is 0.479 e. The summed E-state index contributed by atoms with van der Waals surface area (Å²) in [4.78, 5) is 34.7. The van der Waals surface area contributed by atoms with Gasteiger partial charge in [0.25, 0.3) is 5.91 Å². The van der Waals surface area contributed by atoms with Gasteiger partial charge in [-0.25, -0.2) is 4.79 Å². The highest BCUT2D eigenvalue weighted by molar-refractivity contribution is 9.11. The number of thiophene rings is 1. The lowest BCUT2D eigenvalue weighted by molar-refractivity contribution is -0.156. The number of hydrogen-bond acceptors (Lipinski definition) is 5. The third kappa shape index (κ3) is 5.10. The monoisotopic (exact) mass is 378 g/mol. The molecule has 0 aliphatic carbocycles. The summed E-state index contributed by atoms with van der Waals surface area (Å²) in [5.41, 5.74) is -2.06. The fourth-order valence-corrected chi connectivity index (χ4v) is 2.55. The normalized spacial score (nSPS) is 14.9. The number of rotatable bonds is 6. The molecular weight excluding hydrogens is 364 g/mol. The van der Waals surface area contributed by atoms with E-state index < -0.39 is 36.0 Å². The quantitative estimate of drug-likeness (QED) is 0.577. The van der Waals surface area contributed by atoms with Crippen LogP contribution < -0.4 is 10.6 Å². The van der Waals surface area contributed by atoms with E-state index in [9.17, 15) is 19.5 Å². The summed E-state index contributed by atoms with van der Waals surface area (Å²) in [7, 11) is 0. The molecule has 1 aromatic heterocycles. The maximum absolute atomic E-state index is 11.8. The highest BCUT2D eigenvalue weighted by atomic mass is 79.9. The Bertz CT molecular complexity index is 558. The van der Waals surface area contributed by atoms with Gasteiger partial charge in [-0.05, 0) is 41.9 Å². The number of aliphatic hydroxyl groups is 1. The van der Waals surface area contributed by atoms with Crippen molar-refractivity contribution in [1.29, 1.82) is 0 Å². The number of nitrogens with one attached hydrogen (secondary N) is 2. The maximum Gasteiger partial charge on any atom is 0.337 e.